The summed E-state index contributed by atoms with van der Waals surface area (Å²) in [6.45, 7) is 0. The number of aromatic nitrogens is 3. The highest BCUT2D eigenvalue weighted by Crippen LogP contribution is 2.26. The van der Waals surface area contributed by atoms with Gasteiger partial charge in [-0.2, -0.15) is 5.10 Å². The quantitative estimate of drug-likeness (QED) is 0.805. The Hall–Kier alpha value is -2.54. The molecular weight excluding hydrogens is 281 g/mol. The Kier molecular flexibility index (Phi) is 3.03. The first-order chi connectivity index (χ1) is 9.66. The zero-order valence-corrected chi connectivity index (χ0v) is 10.8. The zero-order valence-electron chi connectivity index (χ0n) is 10.0. The first kappa shape index (κ1) is 12.5. The van der Waals surface area contributed by atoms with Crippen LogP contribution in [0.1, 0.15) is 10.4 Å². The summed E-state index contributed by atoms with van der Waals surface area (Å²) in [5.74, 6) is -1.60. The van der Waals surface area contributed by atoms with Crippen molar-refractivity contribution in [1.82, 2.24) is 14.8 Å². The Morgan fingerprint density at radius 3 is 2.80 bits per heavy atom. The number of carboxylic acid groups (broad SMARTS) is 1. The van der Waals surface area contributed by atoms with Gasteiger partial charge in [0.05, 0.1) is 0 Å². The van der Waals surface area contributed by atoms with Crippen LogP contribution in [0.15, 0.2) is 42.0 Å². The molecular formula is C13H8FN3O2S. The fraction of sp³-hybridized carbons (Fsp3) is 0. The van der Waals surface area contributed by atoms with E-state index in [2.05, 4.69) is 10.1 Å². The van der Waals surface area contributed by atoms with E-state index in [1.165, 1.54) is 34.3 Å². The number of thiazole rings is 1. The van der Waals surface area contributed by atoms with Crippen LogP contribution in [-0.4, -0.2) is 25.8 Å². The van der Waals surface area contributed by atoms with E-state index in [4.69, 9.17) is 0 Å². The van der Waals surface area contributed by atoms with Crippen LogP contribution in [-0.2, 0) is 0 Å². The molecule has 0 unspecified atom stereocenters. The van der Waals surface area contributed by atoms with Gasteiger partial charge in [-0.3, -0.25) is 0 Å². The minimum absolute atomic E-state index is 0.0109. The molecule has 1 N–H and O–H groups in total. The van der Waals surface area contributed by atoms with Gasteiger partial charge in [0.15, 0.2) is 0 Å². The van der Waals surface area contributed by atoms with Gasteiger partial charge >= 0.3 is 5.97 Å². The molecule has 0 aliphatic rings. The molecule has 2 aromatic heterocycles. The smallest absolute Gasteiger partial charge is 0.339 e. The summed E-state index contributed by atoms with van der Waals surface area (Å²) in [6.07, 6.45) is 2.85. The van der Waals surface area contributed by atoms with Gasteiger partial charge in [-0.25, -0.2) is 18.9 Å². The molecule has 0 spiro atoms. The minimum atomic E-state index is -1.13. The lowest BCUT2D eigenvalue weighted by molar-refractivity contribution is 0.0697. The maximum absolute atomic E-state index is 13.7. The first-order valence-electron chi connectivity index (χ1n) is 5.64. The number of carbonyl (C=O) groups is 1. The van der Waals surface area contributed by atoms with Crippen molar-refractivity contribution in [3.63, 3.8) is 0 Å². The van der Waals surface area contributed by atoms with E-state index in [1.807, 2.05) is 0 Å². The van der Waals surface area contributed by atoms with Gasteiger partial charge in [0.1, 0.15) is 27.8 Å². The fourth-order valence-electron chi connectivity index (χ4n) is 1.79. The maximum atomic E-state index is 13.7. The van der Waals surface area contributed by atoms with Crippen molar-refractivity contribution < 1.29 is 14.3 Å². The second-order valence-electron chi connectivity index (χ2n) is 3.93. The molecule has 100 valence electrons. The molecule has 0 atom stereocenters. The number of para-hydroxylation sites is 1. The van der Waals surface area contributed by atoms with E-state index in [0.29, 0.717) is 5.01 Å². The lowest BCUT2D eigenvalue weighted by atomic mass is 10.2. The van der Waals surface area contributed by atoms with Crippen LogP contribution < -0.4 is 0 Å². The number of benzene rings is 1. The van der Waals surface area contributed by atoms with Crippen molar-refractivity contribution in [2.45, 2.75) is 0 Å². The Labute approximate surface area is 116 Å². The Morgan fingerprint density at radius 1 is 1.35 bits per heavy atom. The summed E-state index contributed by atoms with van der Waals surface area (Å²) in [6, 6.07) is 6.03. The van der Waals surface area contributed by atoms with E-state index in [9.17, 15) is 14.3 Å². The van der Waals surface area contributed by atoms with E-state index in [0.717, 1.165) is 0 Å². The molecule has 0 aliphatic heterocycles. The second-order valence-corrected chi connectivity index (χ2v) is 4.82. The van der Waals surface area contributed by atoms with Gasteiger partial charge in [0.2, 0.25) is 0 Å². The standard InChI is InChI=1S/C13H8FN3O2S/c14-9-3-1-2-4-10(9)17-7-8(13(18)19)11(16-17)12-15-5-6-20-12/h1-7H,(H,18,19). The van der Waals surface area contributed by atoms with Crippen molar-refractivity contribution in [2.75, 3.05) is 0 Å². The van der Waals surface area contributed by atoms with E-state index < -0.39 is 11.8 Å². The number of carboxylic acids is 1. The predicted octanol–water partition coefficient (Wildman–Crippen LogP) is 2.83. The van der Waals surface area contributed by atoms with Crippen molar-refractivity contribution >= 4 is 17.3 Å². The highest BCUT2D eigenvalue weighted by Gasteiger charge is 2.20. The largest absolute Gasteiger partial charge is 0.478 e. The van der Waals surface area contributed by atoms with Crippen LogP contribution in [0.3, 0.4) is 0 Å². The number of hydrogen-bond donors (Lipinski definition) is 1. The molecule has 1 aromatic carbocycles. The van der Waals surface area contributed by atoms with Gasteiger partial charge in [-0.1, -0.05) is 12.1 Å². The average molecular weight is 289 g/mol. The maximum Gasteiger partial charge on any atom is 0.339 e. The summed E-state index contributed by atoms with van der Waals surface area (Å²) >= 11 is 1.28. The van der Waals surface area contributed by atoms with Gasteiger partial charge in [0, 0.05) is 17.8 Å². The van der Waals surface area contributed by atoms with E-state index in [-0.39, 0.29) is 16.9 Å². The normalized spacial score (nSPS) is 10.7. The van der Waals surface area contributed by atoms with Crippen LogP contribution in [0.2, 0.25) is 0 Å². The number of hydrogen-bond acceptors (Lipinski definition) is 4. The lowest BCUT2D eigenvalue weighted by Crippen LogP contribution is -1.98. The monoisotopic (exact) mass is 289 g/mol. The molecule has 0 radical (unpaired) electrons. The fourth-order valence-corrected chi connectivity index (χ4v) is 2.42. The van der Waals surface area contributed by atoms with Crippen molar-refractivity contribution in [2.24, 2.45) is 0 Å². The molecule has 0 bridgehead atoms. The molecule has 0 aliphatic carbocycles. The Balaban J connectivity index is 2.18. The summed E-state index contributed by atoms with van der Waals surface area (Å²) in [5, 5.41) is 15.6. The van der Waals surface area contributed by atoms with Crippen LogP contribution in [0.5, 0.6) is 0 Å². The van der Waals surface area contributed by atoms with Crippen LogP contribution in [0.4, 0.5) is 4.39 Å². The SMILES string of the molecule is O=C(O)c1cn(-c2ccccc2F)nc1-c1nccs1. The topological polar surface area (TPSA) is 68.0 Å². The van der Waals surface area contributed by atoms with Gasteiger partial charge in [-0.05, 0) is 12.1 Å². The van der Waals surface area contributed by atoms with Gasteiger partial charge in [-0.15, -0.1) is 11.3 Å². The van der Waals surface area contributed by atoms with Crippen LogP contribution >= 0.6 is 11.3 Å². The number of halogens is 1. The summed E-state index contributed by atoms with van der Waals surface area (Å²) < 4.78 is 15.0. The molecule has 0 fully saturated rings. The molecule has 0 saturated carbocycles. The molecule has 2 heterocycles. The van der Waals surface area contributed by atoms with E-state index >= 15 is 0 Å². The lowest BCUT2D eigenvalue weighted by Gasteiger charge is -2.01. The summed E-state index contributed by atoms with van der Waals surface area (Å²) in [5.41, 5.74) is 0.414. The van der Waals surface area contributed by atoms with Crippen LogP contribution in [0, 0.1) is 5.82 Å². The third-order valence-corrected chi connectivity index (χ3v) is 3.46. The summed E-state index contributed by atoms with van der Waals surface area (Å²) in [7, 11) is 0. The third kappa shape index (κ3) is 2.08. The first-order valence-corrected chi connectivity index (χ1v) is 6.52. The molecule has 5 nitrogen and oxygen atoms in total. The highest BCUT2D eigenvalue weighted by atomic mass is 32.1. The molecule has 3 aromatic rings. The van der Waals surface area contributed by atoms with Crippen molar-refractivity contribution in [3.05, 3.63) is 53.4 Å². The molecule has 3 rings (SSSR count). The number of nitrogens with zero attached hydrogens (tertiary/aromatic N) is 3. The molecule has 0 amide bonds. The van der Waals surface area contributed by atoms with Gasteiger partial charge < -0.3 is 5.11 Å². The molecule has 0 saturated heterocycles. The zero-order chi connectivity index (χ0) is 14.1. The molecule has 20 heavy (non-hydrogen) atoms. The Morgan fingerprint density at radius 2 is 2.15 bits per heavy atom. The van der Waals surface area contributed by atoms with Crippen LogP contribution in [0.25, 0.3) is 16.4 Å². The number of aromatic carboxylic acids is 1. The highest BCUT2D eigenvalue weighted by molar-refractivity contribution is 7.13. The predicted molar refractivity (Wildman–Crippen MR) is 71.6 cm³/mol. The van der Waals surface area contributed by atoms with Crippen molar-refractivity contribution in [1.29, 1.82) is 0 Å². The summed E-state index contributed by atoms with van der Waals surface area (Å²) in [4.78, 5) is 15.3. The second kappa shape index (κ2) is 4.86. The van der Waals surface area contributed by atoms with E-state index in [1.54, 1.807) is 23.7 Å². The minimum Gasteiger partial charge on any atom is -0.478 e. The molecule has 7 heteroatoms. The van der Waals surface area contributed by atoms with Gasteiger partial charge in [0.25, 0.3) is 0 Å². The number of rotatable bonds is 3. The Bertz CT molecular complexity index is 768. The third-order valence-electron chi connectivity index (χ3n) is 2.68. The van der Waals surface area contributed by atoms with Crippen molar-refractivity contribution in [3.8, 4) is 16.4 Å². The average Bonchev–Trinajstić information content (AvgIpc) is 3.08.